The highest BCUT2D eigenvalue weighted by Gasteiger charge is 2.27. The number of hydrogen-bond donors (Lipinski definition) is 1. The predicted octanol–water partition coefficient (Wildman–Crippen LogP) is 0.960. The molecule has 0 aromatic rings. The van der Waals surface area contributed by atoms with Gasteiger partial charge in [-0.05, 0) is 19.8 Å². The van der Waals surface area contributed by atoms with Crippen molar-refractivity contribution in [2.75, 3.05) is 19.8 Å². The maximum Gasteiger partial charge on any atom is 0.317 e. The third-order valence-electron chi connectivity index (χ3n) is 2.85. The lowest BCUT2D eigenvalue weighted by molar-refractivity contribution is -0.139. The van der Waals surface area contributed by atoms with Crippen molar-refractivity contribution in [2.45, 2.75) is 38.8 Å². The van der Waals surface area contributed by atoms with Gasteiger partial charge in [-0.1, -0.05) is 6.92 Å². The maximum atomic E-state index is 10.7. The quantitative estimate of drug-likeness (QED) is 0.719. The van der Waals surface area contributed by atoms with Crippen LogP contribution in [0, 0.1) is 0 Å². The first-order chi connectivity index (χ1) is 6.65. The van der Waals surface area contributed by atoms with E-state index in [-0.39, 0.29) is 6.54 Å². The van der Waals surface area contributed by atoms with Crippen LogP contribution in [0.15, 0.2) is 0 Å². The molecule has 82 valence electrons. The first-order valence-corrected chi connectivity index (χ1v) is 5.20. The van der Waals surface area contributed by atoms with Gasteiger partial charge in [-0.25, -0.2) is 0 Å². The summed E-state index contributed by atoms with van der Waals surface area (Å²) in [7, 11) is 0. The summed E-state index contributed by atoms with van der Waals surface area (Å²) < 4.78 is 5.28. The van der Waals surface area contributed by atoms with E-state index in [1.807, 2.05) is 4.90 Å². The molecular formula is C10H19NO3. The number of carbonyl (C=O) groups is 1. The molecule has 1 heterocycles. The number of hydrogen-bond acceptors (Lipinski definition) is 3. The number of aliphatic carboxylic acids is 1. The van der Waals surface area contributed by atoms with Gasteiger partial charge >= 0.3 is 5.97 Å². The molecule has 4 heteroatoms. The average molecular weight is 201 g/mol. The van der Waals surface area contributed by atoms with Crippen molar-refractivity contribution in [3.63, 3.8) is 0 Å². The van der Waals surface area contributed by atoms with Gasteiger partial charge in [-0.2, -0.15) is 0 Å². The van der Waals surface area contributed by atoms with Crippen LogP contribution in [0.4, 0.5) is 0 Å². The molecular weight excluding hydrogens is 182 g/mol. The maximum absolute atomic E-state index is 10.7. The van der Waals surface area contributed by atoms with Crippen molar-refractivity contribution in [3.05, 3.63) is 0 Å². The third kappa shape index (κ3) is 2.96. The van der Waals surface area contributed by atoms with E-state index in [1.165, 1.54) is 0 Å². The molecule has 2 unspecified atom stereocenters. The van der Waals surface area contributed by atoms with Gasteiger partial charge in [0.25, 0.3) is 0 Å². The standard InChI is InChI=1S/C10H19NO3/c1-3-8(2)11(6-10(12)13)9-4-5-14-7-9/h8-9H,3-7H2,1-2H3,(H,12,13). The topological polar surface area (TPSA) is 49.8 Å². The predicted molar refractivity (Wildman–Crippen MR) is 53.3 cm³/mol. The van der Waals surface area contributed by atoms with Gasteiger partial charge in [0.1, 0.15) is 0 Å². The zero-order chi connectivity index (χ0) is 10.6. The highest BCUT2D eigenvalue weighted by Crippen LogP contribution is 2.16. The number of rotatable bonds is 5. The Labute approximate surface area is 84.8 Å². The van der Waals surface area contributed by atoms with Crippen LogP contribution in [0.1, 0.15) is 26.7 Å². The minimum atomic E-state index is -0.753. The molecule has 0 saturated carbocycles. The van der Waals surface area contributed by atoms with Gasteiger partial charge < -0.3 is 9.84 Å². The second-order valence-electron chi connectivity index (χ2n) is 3.84. The van der Waals surface area contributed by atoms with E-state index >= 15 is 0 Å². The first-order valence-electron chi connectivity index (χ1n) is 5.20. The van der Waals surface area contributed by atoms with Crippen molar-refractivity contribution in [2.24, 2.45) is 0 Å². The molecule has 1 rings (SSSR count). The van der Waals surface area contributed by atoms with Crippen LogP contribution in [-0.4, -0.2) is 47.8 Å². The van der Waals surface area contributed by atoms with Crippen molar-refractivity contribution >= 4 is 5.97 Å². The Morgan fingerprint density at radius 2 is 2.43 bits per heavy atom. The molecule has 14 heavy (non-hydrogen) atoms. The molecule has 0 radical (unpaired) electrons. The average Bonchev–Trinajstić information content (AvgIpc) is 2.65. The van der Waals surface area contributed by atoms with Crippen molar-refractivity contribution in [1.29, 1.82) is 0 Å². The van der Waals surface area contributed by atoms with Crippen molar-refractivity contribution in [1.82, 2.24) is 4.90 Å². The molecule has 0 amide bonds. The van der Waals surface area contributed by atoms with Crippen LogP contribution >= 0.6 is 0 Å². The van der Waals surface area contributed by atoms with Gasteiger partial charge in [0, 0.05) is 18.7 Å². The lowest BCUT2D eigenvalue weighted by atomic mass is 10.1. The Hall–Kier alpha value is -0.610. The van der Waals surface area contributed by atoms with E-state index in [2.05, 4.69) is 13.8 Å². The van der Waals surface area contributed by atoms with Crippen LogP contribution in [-0.2, 0) is 9.53 Å². The zero-order valence-corrected chi connectivity index (χ0v) is 8.90. The monoisotopic (exact) mass is 201 g/mol. The Kier molecular flexibility index (Phi) is 4.35. The van der Waals surface area contributed by atoms with Gasteiger partial charge in [-0.15, -0.1) is 0 Å². The van der Waals surface area contributed by atoms with Crippen LogP contribution < -0.4 is 0 Å². The molecule has 1 aliphatic rings. The summed E-state index contributed by atoms with van der Waals surface area (Å²) in [4.78, 5) is 12.7. The van der Waals surface area contributed by atoms with Crippen LogP contribution in [0.2, 0.25) is 0 Å². The van der Waals surface area contributed by atoms with E-state index in [0.717, 1.165) is 19.4 Å². The SMILES string of the molecule is CCC(C)N(CC(=O)O)C1CCOC1. The smallest absolute Gasteiger partial charge is 0.317 e. The fourth-order valence-electron chi connectivity index (χ4n) is 1.82. The Bertz CT molecular complexity index is 190. The number of carboxylic acids is 1. The summed E-state index contributed by atoms with van der Waals surface area (Å²) in [6.07, 6.45) is 1.93. The number of ether oxygens (including phenoxy) is 1. The molecule has 1 saturated heterocycles. The molecule has 2 atom stereocenters. The molecule has 0 aromatic heterocycles. The second-order valence-corrected chi connectivity index (χ2v) is 3.84. The number of carboxylic acid groups (broad SMARTS) is 1. The van der Waals surface area contributed by atoms with E-state index in [9.17, 15) is 4.79 Å². The van der Waals surface area contributed by atoms with Crippen LogP contribution in [0.25, 0.3) is 0 Å². The highest BCUT2D eigenvalue weighted by atomic mass is 16.5. The molecule has 1 N–H and O–H groups in total. The first kappa shape index (κ1) is 11.5. The lowest BCUT2D eigenvalue weighted by Crippen LogP contribution is -2.44. The van der Waals surface area contributed by atoms with Gasteiger partial charge in [-0.3, -0.25) is 9.69 Å². The molecule has 0 bridgehead atoms. The number of nitrogens with zero attached hydrogens (tertiary/aromatic N) is 1. The Morgan fingerprint density at radius 1 is 1.71 bits per heavy atom. The summed E-state index contributed by atoms with van der Waals surface area (Å²) in [6, 6.07) is 0.610. The van der Waals surface area contributed by atoms with E-state index < -0.39 is 5.97 Å². The minimum Gasteiger partial charge on any atom is -0.480 e. The molecule has 1 aliphatic heterocycles. The Morgan fingerprint density at radius 3 is 2.86 bits per heavy atom. The molecule has 0 spiro atoms. The van der Waals surface area contributed by atoms with Gasteiger partial charge in [0.05, 0.1) is 13.2 Å². The van der Waals surface area contributed by atoms with E-state index in [0.29, 0.717) is 18.7 Å². The lowest BCUT2D eigenvalue weighted by Gasteiger charge is -2.31. The highest BCUT2D eigenvalue weighted by molar-refractivity contribution is 5.69. The van der Waals surface area contributed by atoms with Crippen LogP contribution in [0.3, 0.4) is 0 Å². The zero-order valence-electron chi connectivity index (χ0n) is 8.90. The van der Waals surface area contributed by atoms with Gasteiger partial charge in [0.2, 0.25) is 0 Å². The summed E-state index contributed by atoms with van der Waals surface area (Å²) in [5.41, 5.74) is 0. The van der Waals surface area contributed by atoms with E-state index in [4.69, 9.17) is 9.84 Å². The fraction of sp³-hybridized carbons (Fsp3) is 0.900. The summed E-state index contributed by atoms with van der Waals surface area (Å²) >= 11 is 0. The minimum absolute atomic E-state index is 0.128. The van der Waals surface area contributed by atoms with Crippen molar-refractivity contribution in [3.8, 4) is 0 Å². The largest absolute Gasteiger partial charge is 0.480 e. The van der Waals surface area contributed by atoms with E-state index in [1.54, 1.807) is 0 Å². The normalized spacial score (nSPS) is 24.1. The fourth-order valence-corrected chi connectivity index (χ4v) is 1.82. The Balaban J connectivity index is 2.54. The molecule has 4 nitrogen and oxygen atoms in total. The summed E-state index contributed by atoms with van der Waals surface area (Å²) in [5.74, 6) is -0.753. The third-order valence-corrected chi connectivity index (χ3v) is 2.85. The van der Waals surface area contributed by atoms with Gasteiger partial charge in [0.15, 0.2) is 0 Å². The molecule has 1 fully saturated rings. The summed E-state index contributed by atoms with van der Waals surface area (Å²) in [5, 5.41) is 8.81. The molecule has 0 aliphatic carbocycles. The molecule has 0 aromatic carbocycles. The summed E-state index contributed by atoms with van der Waals surface area (Å²) in [6.45, 7) is 5.72. The van der Waals surface area contributed by atoms with Crippen molar-refractivity contribution < 1.29 is 14.6 Å². The van der Waals surface area contributed by atoms with Crippen LogP contribution in [0.5, 0.6) is 0 Å². The second kappa shape index (κ2) is 5.32.